The zero-order chi connectivity index (χ0) is 9.42. The lowest BCUT2D eigenvalue weighted by Crippen LogP contribution is -1.83. The number of hydrogen-bond acceptors (Lipinski definition) is 4. The van der Waals surface area contributed by atoms with Gasteiger partial charge in [0.25, 0.3) is 0 Å². The van der Waals surface area contributed by atoms with Gasteiger partial charge in [-0.05, 0) is 11.4 Å². The van der Waals surface area contributed by atoms with Crippen molar-refractivity contribution in [3.63, 3.8) is 0 Å². The first kappa shape index (κ1) is 8.19. The van der Waals surface area contributed by atoms with Gasteiger partial charge in [-0.3, -0.25) is 0 Å². The fraction of sp³-hybridized carbons (Fsp3) is 0.111. The maximum absolute atomic E-state index is 9.63. The van der Waals surface area contributed by atoms with Crippen LogP contribution in [0.5, 0.6) is 17.2 Å². The summed E-state index contributed by atoms with van der Waals surface area (Å²) in [4.78, 5) is 0. The molecule has 0 saturated carbocycles. The van der Waals surface area contributed by atoms with Gasteiger partial charge in [-0.15, -0.1) is 11.3 Å². The smallest absolute Gasteiger partial charge is 0.166 e. The number of hydrogen-bond donors (Lipinski definition) is 2. The third-order valence-corrected chi connectivity index (χ3v) is 2.81. The summed E-state index contributed by atoms with van der Waals surface area (Å²) in [5.74, 6) is 0.514. The van der Waals surface area contributed by atoms with E-state index in [2.05, 4.69) is 0 Å². The fourth-order valence-electron chi connectivity index (χ4n) is 1.24. The largest absolute Gasteiger partial charge is 0.506 e. The van der Waals surface area contributed by atoms with Crippen LogP contribution in [0.4, 0.5) is 0 Å². The summed E-state index contributed by atoms with van der Waals surface area (Å²) in [7, 11) is 1.45. The van der Waals surface area contributed by atoms with Crippen molar-refractivity contribution < 1.29 is 14.9 Å². The van der Waals surface area contributed by atoms with Crippen LogP contribution >= 0.6 is 11.3 Å². The summed E-state index contributed by atoms with van der Waals surface area (Å²) in [6.07, 6.45) is 0. The van der Waals surface area contributed by atoms with Crippen LogP contribution in [0.15, 0.2) is 17.5 Å². The third-order valence-electron chi connectivity index (χ3n) is 1.87. The van der Waals surface area contributed by atoms with Crippen molar-refractivity contribution in [1.29, 1.82) is 0 Å². The second kappa shape index (κ2) is 2.81. The maximum atomic E-state index is 9.63. The number of fused-ring (bicyclic) bond motifs is 1. The van der Waals surface area contributed by atoms with Crippen LogP contribution in [-0.2, 0) is 0 Å². The first-order valence-corrected chi connectivity index (χ1v) is 4.58. The summed E-state index contributed by atoms with van der Waals surface area (Å²) in [5.41, 5.74) is 0. The van der Waals surface area contributed by atoms with Crippen LogP contribution in [0.25, 0.3) is 10.1 Å². The molecule has 0 spiro atoms. The molecule has 0 fully saturated rings. The molecule has 0 amide bonds. The van der Waals surface area contributed by atoms with Gasteiger partial charge in [0.2, 0.25) is 0 Å². The van der Waals surface area contributed by atoms with Crippen LogP contribution in [0, 0.1) is 0 Å². The van der Waals surface area contributed by atoms with Crippen molar-refractivity contribution in [2.24, 2.45) is 0 Å². The second-order valence-electron chi connectivity index (χ2n) is 2.61. The molecule has 0 aliphatic rings. The average molecular weight is 196 g/mol. The number of phenols is 2. The van der Waals surface area contributed by atoms with Gasteiger partial charge in [-0.25, -0.2) is 0 Å². The molecule has 0 saturated heterocycles. The van der Waals surface area contributed by atoms with Gasteiger partial charge in [0.1, 0.15) is 5.75 Å². The lowest BCUT2D eigenvalue weighted by Gasteiger charge is -2.04. The molecule has 0 bridgehead atoms. The molecule has 68 valence electrons. The predicted molar refractivity (Wildman–Crippen MR) is 51.7 cm³/mol. The average Bonchev–Trinajstić information content (AvgIpc) is 2.60. The van der Waals surface area contributed by atoms with Gasteiger partial charge >= 0.3 is 0 Å². The van der Waals surface area contributed by atoms with Crippen molar-refractivity contribution in [3.8, 4) is 17.2 Å². The van der Waals surface area contributed by atoms with Gasteiger partial charge in [0.15, 0.2) is 11.5 Å². The highest BCUT2D eigenvalue weighted by Crippen LogP contribution is 2.42. The molecule has 1 heterocycles. The second-order valence-corrected chi connectivity index (χ2v) is 3.53. The van der Waals surface area contributed by atoms with Gasteiger partial charge in [0, 0.05) is 11.5 Å². The van der Waals surface area contributed by atoms with E-state index in [0.717, 1.165) is 0 Å². The lowest BCUT2D eigenvalue weighted by atomic mass is 10.2. The molecular weight excluding hydrogens is 188 g/mol. The quantitative estimate of drug-likeness (QED) is 0.688. The van der Waals surface area contributed by atoms with Gasteiger partial charge in [-0.1, -0.05) is 0 Å². The molecule has 0 aliphatic heterocycles. The monoisotopic (exact) mass is 196 g/mol. The standard InChI is InChI=1S/C9H8O3S/c1-12-7-4-6(10)9-5(8(7)11)2-3-13-9/h2-4,10-11H,1H3. The molecule has 13 heavy (non-hydrogen) atoms. The highest BCUT2D eigenvalue weighted by atomic mass is 32.1. The minimum absolute atomic E-state index is 0.0801. The molecule has 1 aromatic heterocycles. The van der Waals surface area contributed by atoms with E-state index in [1.165, 1.54) is 24.5 Å². The SMILES string of the molecule is COc1cc(O)c2sccc2c1O. The van der Waals surface area contributed by atoms with Crippen molar-refractivity contribution in [2.75, 3.05) is 7.11 Å². The number of benzene rings is 1. The van der Waals surface area contributed by atoms with Crippen molar-refractivity contribution in [2.45, 2.75) is 0 Å². The van der Waals surface area contributed by atoms with Crippen LogP contribution in [0.2, 0.25) is 0 Å². The molecule has 3 nitrogen and oxygen atoms in total. The summed E-state index contributed by atoms with van der Waals surface area (Å²) in [6, 6.07) is 3.16. The summed E-state index contributed by atoms with van der Waals surface area (Å²) >= 11 is 1.38. The Bertz CT molecular complexity index is 447. The number of methoxy groups -OCH3 is 1. The Labute approximate surface area is 78.8 Å². The molecule has 2 aromatic rings. The first-order valence-electron chi connectivity index (χ1n) is 3.70. The first-order chi connectivity index (χ1) is 6.24. The Morgan fingerprint density at radius 3 is 2.85 bits per heavy atom. The Balaban J connectivity index is 2.85. The minimum Gasteiger partial charge on any atom is -0.506 e. The number of aromatic hydroxyl groups is 2. The van der Waals surface area contributed by atoms with Crippen molar-refractivity contribution in [3.05, 3.63) is 17.5 Å². The molecule has 4 heteroatoms. The number of rotatable bonds is 1. The summed E-state index contributed by atoms with van der Waals surface area (Å²) < 4.78 is 5.58. The predicted octanol–water partition coefficient (Wildman–Crippen LogP) is 2.32. The third kappa shape index (κ3) is 1.10. The summed E-state index contributed by atoms with van der Waals surface area (Å²) in [5, 5.41) is 21.6. The van der Waals surface area contributed by atoms with Crippen molar-refractivity contribution in [1.82, 2.24) is 0 Å². The molecule has 0 aliphatic carbocycles. The Morgan fingerprint density at radius 2 is 2.15 bits per heavy atom. The van der Waals surface area contributed by atoms with E-state index in [1.54, 1.807) is 6.07 Å². The minimum atomic E-state index is 0.0801. The lowest BCUT2D eigenvalue weighted by molar-refractivity contribution is 0.372. The molecular formula is C9H8O3S. The van der Waals surface area contributed by atoms with E-state index in [9.17, 15) is 10.2 Å². The molecule has 2 N–H and O–H groups in total. The molecule has 0 atom stereocenters. The molecule has 2 rings (SSSR count). The van der Waals surface area contributed by atoms with Crippen LogP contribution in [0.3, 0.4) is 0 Å². The number of ether oxygens (including phenoxy) is 1. The van der Waals surface area contributed by atoms with E-state index >= 15 is 0 Å². The van der Waals surface area contributed by atoms with Gasteiger partial charge in [-0.2, -0.15) is 0 Å². The van der Waals surface area contributed by atoms with E-state index in [-0.39, 0.29) is 11.5 Å². The maximum Gasteiger partial charge on any atom is 0.166 e. The number of thiophene rings is 1. The molecule has 0 unspecified atom stereocenters. The molecule has 0 radical (unpaired) electrons. The zero-order valence-corrected chi connectivity index (χ0v) is 7.76. The van der Waals surface area contributed by atoms with E-state index in [1.807, 2.05) is 5.38 Å². The van der Waals surface area contributed by atoms with E-state index in [4.69, 9.17) is 4.74 Å². The number of phenolic OH excluding ortho intramolecular Hbond substituents is 2. The van der Waals surface area contributed by atoms with Gasteiger partial charge < -0.3 is 14.9 Å². The Morgan fingerprint density at radius 1 is 1.38 bits per heavy atom. The van der Waals surface area contributed by atoms with E-state index in [0.29, 0.717) is 15.8 Å². The Kier molecular flexibility index (Phi) is 1.77. The highest BCUT2D eigenvalue weighted by molar-refractivity contribution is 7.17. The normalized spacial score (nSPS) is 10.5. The van der Waals surface area contributed by atoms with Crippen molar-refractivity contribution >= 4 is 21.4 Å². The highest BCUT2D eigenvalue weighted by Gasteiger charge is 2.11. The fourth-order valence-corrected chi connectivity index (χ4v) is 2.05. The van der Waals surface area contributed by atoms with Crippen LogP contribution in [-0.4, -0.2) is 17.3 Å². The van der Waals surface area contributed by atoms with Crippen LogP contribution in [0.1, 0.15) is 0 Å². The topological polar surface area (TPSA) is 49.7 Å². The van der Waals surface area contributed by atoms with Gasteiger partial charge in [0.05, 0.1) is 11.8 Å². The zero-order valence-electron chi connectivity index (χ0n) is 6.94. The Hall–Kier alpha value is -1.42. The summed E-state index contributed by atoms with van der Waals surface area (Å²) in [6.45, 7) is 0. The van der Waals surface area contributed by atoms with Crippen LogP contribution < -0.4 is 4.74 Å². The van der Waals surface area contributed by atoms with E-state index < -0.39 is 0 Å². The molecule has 1 aromatic carbocycles.